The van der Waals surface area contributed by atoms with Crippen LogP contribution in [0.5, 0.6) is 0 Å². The van der Waals surface area contributed by atoms with Gasteiger partial charge in [0.1, 0.15) is 10.0 Å². The van der Waals surface area contributed by atoms with Crippen molar-refractivity contribution in [2.75, 3.05) is 31.0 Å². The van der Waals surface area contributed by atoms with Gasteiger partial charge in [-0.05, 0) is 54.7 Å². The van der Waals surface area contributed by atoms with E-state index in [4.69, 9.17) is 11.6 Å². The van der Waals surface area contributed by atoms with Gasteiger partial charge in [-0.15, -0.1) is 0 Å². The van der Waals surface area contributed by atoms with Crippen molar-refractivity contribution < 1.29 is 18.3 Å². The molecule has 0 radical (unpaired) electrons. The van der Waals surface area contributed by atoms with Crippen molar-refractivity contribution in [2.45, 2.75) is 51.6 Å². The number of carbonyl (C=O) groups is 1. The second-order valence-corrected chi connectivity index (χ2v) is 12.4. The third kappa shape index (κ3) is 5.01. The van der Waals surface area contributed by atoms with E-state index < -0.39 is 21.7 Å². The van der Waals surface area contributed by atoms with Crippen LogP contribution in [0.3, 0.4) is 0 Å². The molecule has 1 fully saturated rings. The molecule has 0 unspecified atom stereocenters. The minimum Gasteiger partial charge on any atom is -0.465 e. The van der Waals surface area contributed by atoms with E-state index in [1.54, 1.807) is 11.0 Å². The van der Waals surface area contributed by atoms with Crippen LogP contribution in [0, 0.1) is 12.3 Å². The number of benzene rings is 1. The summed E-state index contributed by atoms with van der Waals surface area (Å²) in [6.45, 7) is 12.5. The lowest BCUT2D eigenvalue weighted by Gasteiger charge is -2.54. The Hall–Kier alpha value is -2.36. The molecule has 10 heteroatoms. The molecule has 8 nitrogen and oxygen atoms in total. The molecule has 0 aliphatic carbocycles. The minimum atomic E-state index is -3.77. The highest BCUT2D eigenvalue weighted by molar-refractivity contribution is 7.92. The minimum absolute atomic E-state index is 0.0684. The van der Waals surface area contributed by atoms with Crippen LogP contribution in [-0.2, 0) is 16.6 Å². The van der Waals surface area contributed by atoms with Crippen LogP contribution >= 0.6 is 11.6 Å². The number of hydrogen-bond acceptors (Lipinski definition) is 5. The fourth-order valence-corrected chi connectivity index (χ4v) is 5.52. The van der Waals surface area contributed by atoms with Crippen molar-refractivity contribution in [3.05, 3.63) is 52.8 Å². The van der Waals surface area contributed by atoms with E-state index in [1.807, 2.05) is 26.0 Å². The first-order valence-electron chi connectivity index (χ1n) is 11.1. The number of pyridine rings is 1. The topological polar surface area (TPSA) is 94.1 Å². The van der Waals surface area contributed by atoms with E-state index in [-0.39, 0.29) is 15.5 Å². The van der Waals surface area contributed by atoms with Gasteiger partial charge in [0.05, 0.1) is 11.2 Å². The predicted molar refractivity (Wildman–Crippen MR) is 134 cm³/mol. The Morgan fingerprint density at radius 3 is 2.44 bits per heavy atom. The number of nitrogens with zero attached hydrogens (tertiary/aromatic N) is 4. The molecule has 0 saturated carbocycles. The number of anilines is 1. The Bertz CT molecular complexity index is 1160. The molecule has 2 aromatic rings. The van der Waals surface area contributed by atoms with E-state index in [0.717, 1.165) is 11.1 Å². The highest BCUT2D eigenvalue weighted by atomic mass is 35.5. The van der Waals surface area contributed by atoms with Gasteiger partial charge in [0.25, 0.3) is 10.0 Å². The third-order valence-electron chi connectivity index (χ3n) is 7.06. The van der Waals surface area contributed by atoms with Crippen molar-refractivity contribution >= 4 is 33.4 Å². The van der Waals surface area contributed by atoms with Crippen molar-refractivity contribution in [1.29, 1.82) is 0 Å². The second kappa shape index (κ2) is 9.36. The largest absolute Gasteiger partial charge is 0.465 e. The summed E-state index contributed by atoms with van der Waals surface area (Å²) in [6, 6.07) is 8.47. The van der Waals surface area contributed by atoms with Crippen molar-refractivity contribution in [3.63, 3.8) is 0 Å². The lowest BCUT2D eigenvalue weighted by atomic mass is 9.72. The van der Waals surface area contributed by atoms with Gasteiger partial charge in [-0.25, -0.2) is 18.2 Å². The quantitative estimate of drug-likeness (QED) is 0.599. The Morgan fingerprint density at radius 2 is 1.91 bits per heavy atom. The molecule has 186 valence electrons. The van der Waals surface area contributed by atoms with Gasteiger partial charge >= 0.3 is 6.09 Å². The zero-order valence-corrected chi connectivity index (χ0v) is 22.1. The third-order valence-corrected chi connectivity index (χ3v) is 9.05. The van der Waals surface area contributed by atoms with Gasteiger partial charge in [0, 0.05) is 39.4 Å². The summed E-state index contributed by atoms with van der Waals surface area (Å²) in [5.74, 6) is 0. The van der Waals surface area contributed by atoms with Crippen molar-refractivity contribution in [2.24, 2.45) is 5.41 Å². The summed E-state index contributed by atoms with van der Waals surface area (Å²) < 4.78 is 27.2. The molecule has 1 aliphatic heterocycles. The predicted octanol–water partition coefficient (Wildman–Crippen LogP) is 4.47. The average Bonchev–Trinajstić information content (AvgIpc) is 2.74. The Morgan fingerprint density at radius 1 is 1.24 bits per heavy atom. The number of amides is 1. The Kier molecular flexibility index (Phi) is 7.22. The molecule has 1 aliphatic rings. The first-order chi connectivity index (χ1) is 15.7. The van der Waals surface area contributed by atoms with Gasteiger partial charge in [-0.1, -0.05) is 38.4 Å². The van der Waals surface area contributed by atoms with Gasteiger partial charge < -0.3 is 5.11 Å². The molecular formula is C24H33ClN4O4S. The normalized spacial score (nSPS) is 19.8. The van der Waals surface area contributed by atoms with Gasteiger partial charge in [0.15, 0.2) is 0 Å². The first-order valence-corrected chi connectivity index (χ1v) is 12.9. The summed E-state index contributed by atoms with van der Waals surface area (Å²) in [5, 5.41) is 9.97. The van der Waals surface area contributed by atoms with Crippen LogP contribution in [0.15, 0.2) is 41.4 Å². The van der Waals surface area contributed by atoms with E-state index in [2.05, 4.69) is 30.7 Å². The summed E-state index contributed by atoms with van der Waals surface area (Å²) in [6.07, 6.45) is 0.357. The Balaban J connectivity index is 1.80. The van der Waals surface area contributed by atoms with Crippen LogP contribution in [0.25, 0.3) is 0 Å². The molecule has 1 amide bonds. The number of aryl methyl sites for hydroxylation is 1. The SMILES string of the molecule is Cc1cc(N(C)S(=O)(=O)c2ccc(Cl)nc2)ccc1CN1CCN(C(=O)O)[C@@](C)(C(C)(C)C)C1. The molecule has 1 saturated heterocycles. The van der Waals surface area contributed by atoms with Crippen molar-refractivity contribution in [3.8, 4) is 0 Å². The van der Waals surface area contributed by atoms with E-state index in [0.29, 0.717) is 31.9 Å². The average molecular weight is 509 g/mol. The van der Waals surface area contributed by atoms with Crippen LogP contribution in [0.1, 0.15) is 38.8 Å². The number of piperazine rings is 1. The lowest BCUT2D eigenvalue weighted by Crippen LogP contribution is -2.67. The maximum Gasteiger partial charge on any atom is 0.407 e. The molecule has 34 heavy (non-hydrogen) atoms. The highest BCUT2D eigenvalue weighted by Gasteiger charge is 2.48. The maximum atomic E-state index is 13.0. The fourth-order valence-electron chi connectivity index (χ4n) is 4.28. The van der Waals surface area contributed by atoms with Gasteiger partial charge in [0.2, 0.25) is 0 Å². The number of carboxylic acid groups (broad SMARTS) is 1. The number of aromatic nitrogens is 1. The van der Waals surface area contributed by atoms with Gasteiger partial charge in [-0.2, -0.15) is 0 Å². The molecule has 1 aromatic carbocycles. The molecule has 0 bridgehead atoms. The molecular weight excluding hydrogens is 476 g/mol. The number of halogens is 1. The molecule has 1 N–H and O–H groups in total. The van der Waals surface area contributed by atoms with E-state index >= 15 is 0 Å². The Labute approximate surface area is 207 Å². The number of hydrogen-bond donors (Lipinski definition) is 1. The van der Waals surface area contributed by atoms with Crippen molar-refractivity contribution in [1.82, 2.24) is 14.8 Å². The molecule has 1 aromatic heterocycles. The van der Waals surface area contributed by atoms with E-state index in [1.165, 1.54) is 29.7 Å². The summed E-state index contributed by atoms with van der Waals surface area (Å²) >= 11 is 5.79. The molecule has 2 heterocycles. The zero-order chi connectivity index (χ0) is 25.5. The van der Waals surface area contributed by atoms with E-state index in [9.17, 15) is 18.3 Å². The van der Waals surface area contributed by atoms with Gasteiger partial charge in [-0.3, -0.25) is 14.1 Å². The van der Waals surface area contributed by atoms with Crippen LogP contribution in [0.4, 0.5) is 10.5 Å². The lowest BCUT2D eigenvalue weighted by molar-refractivity contribution is -0.0462. The molecule has 1 atom stereocenters. The summed E-state index contributed by atoms with van der Waals surface area (Å²) in [4.78, 5) is 19.7. The van der Waals surface area contributed by atoms with Crippen LogP contribution < -0.4 is 4.31 Å². The van der Waals surface area contributed by atoms with Crippen LogP contribution in [0.2, 0.25) is 5.15 Å². The second-order valence-electron chi connectivity index (χ2n) is 10.1. The first kappa shape index (κ1) is 26.2. The van der Waals surface area contributed by atoms with Crippen LogP contribution in [-0.4, -0.2) is 66.6 Å². The monoisotopic (exact) mass is 508 g/mol. The highest BCUT2D eigenvalue weighted by Crippen LogP contribution is 2.39. The maximum absolute atomic E-state index is 13.0. The standard InChI is InChI=1S/C24H33ClN4O4S/c1-17-13-19(27(6)34(32,33)20-9-10-21(25)26-14-20)8-7-18(17)15-28-11-12-29(22(30)31)24(5,16-28)23(2,3)4/h7-10,13-14H,11-12,15-16H2,1-6H3,(H,30,31)/t24-/m1/s1. The summed E-state index contributed by atoms with van der Waals surface area (Å²) in [5.41, 5.74) is 1.81. The summed E-state index contributed by atoms with van der Waals surface area (Å²) in [7, 11) is -2.26. The number of sulfonamides is 1. The fraction of sp³-hybridized carbons (Fsp3) is 0.500. The number of rotatable bonds is 5. The molecule has 0 spiro atoms. The smallest absolute Gasteiger partial charge is 0.407 e. The zero-order valence-electron chi connectivity index (χ0n) is 20.5. The molecule has 3 rings (SSSR count).